The quantitative estimate of drug-likeness (QED) is 0.811. The molecule has 1 fully saturated rings. The van der Waals surface area contributed by atoms with Gasteiger partial charge in [0.2, 0.25) is 5.28 Å². The van der Waals surface area contributed by atoms with Crippen LogP contribution in [0.5, 0.6) is 0 Å². The van der Waals surface area contributed by atoms with Gasteiger partial charge in [0.1, 0.15) is 5.69 Å². The Morgan fingerprint density at radius 2 is 2.09 bits per heavy atom. The van der Waals surface area contributed by atoms with Crippen LogP contribution in [0.4, 0.5) is 4.39 Å². The molecule has 1 aliphatic heterocycles. The van der Waals surface area contributed by atoms with Gasteiger partial charge in [-0.25, -0.2) is 14.4 Å². The highest BCUT2D eigenvalue weighted by atomic mass is 35.5. The van der Waals surface area contributed by atoms with E-state index in [9.17, 15) is 4.39 Å². The van der Waals surface area contributed by atoms with Crippen LogP contribution >= 0.6 is 11.6 Å². The summed E-state index contributed by atoms with van der Waals surface area (Å²) < 4.78 is 15.7. The monoisotopic (exact) mass is 323 g/mol. The van der Waals surface area contributed by atoms with Crippen LogP contribution in [0.25, 0.3) is 11.3 Å². The van der Waals surface area contributed by atoms with Crippen LogP contribution in [0, 0.1) is 5.82 Å². The molecule has 2 aromatic rings. The number of aromatic nitrogens is 4. The van der Waals surface area contributed by atoms with E-state index in [1.165, 1.54) is 6.42 Å². The number of hydrogen-bond acceptors (Lipinski definition) is 4. The fourth-order valence-corrected chi connectivity index (χ4v) is 3.07. The molecule has 118 valence electrons. The molecule has 3 rings (SSSR count). The maximum atomic E-state index is 13.8. The Labute approximate surface area is 134 Å². The zero-order chi connectivity index (χ0) is 15.5. The van der Waals surface area contributed by atoms with E-state index in [-0.39, 0.29) is 11.0 Å². The molecule has 0 amide bonds. The molecule has 0 saturated carbocycles. The Balaban J connectivity index is 1.73. The summed E-state index contributed by atoms with van der Waals surface area (Å²) in [5, 5.41) is 4.42. The fourth-order valence-electron chi connectivity index (χ4n) is 2.93. The van der Waals surface area contributed by atoms with Crippen molar-refractivity contribution in [3.8, 4) is 11.3 Å². The molecular weight excluding hydrogens is 305 g/mol. The summed E-state index contributed by atoms with van der Waals surface area (Å²) in [6.45, 7) is 5.53. The average Bonchev–Trinajstić information content (AvgIpc) is 3.00. The maximum Gasteiger partial charge on any atom is 0.223 e. The van der Waals surface area contributed by atoms with Gasteiger partial charge in [-0.15, -0.1) is 0 Å². The first kappa shape index (κ1) is 15.4. The van der Waals surface area contributed by atoms with Crippen LogP contribution < -0.4 is 0 Å². The first-order chi connectivity index (χ1) is 10.7. The summed E-state index contributed by atoms with van der Waals surface area (Å²) in [5.74, 6) is -0.485. The highest BCUT2D eigenvalue weighted by Gasteiger charge is 2.21. The molecule has 3 heterocycles. The number of rotatable bonds is 4. The predicted octanol–water partition coefficient (Wildman–Crippen LogP) is 3.18. The molecule has 0 atom stereocenters. The molecule has 22 heavy (non-hydrogen) atoms. The van der Waals surface area contributed by atoms with Crippen LogP contribution in [0.3, 0.4) is 0 Å². The van der Waals surface area contributed by atoms with Crippen molar-refractivity contribution < 1.29 is 4.39 Å². The number of likely N-dealkylation sites (tertiary alicyclic amines) is 1. The molecule has 0 N–H and O–H groups in total. The second kappa shape index (κ2) is 6.71. The minimum atomic E-state index is -0.485. The van der Waals surface area contributed by atoms with Crippen molar-refractivity contribution in [1.82, 2.24) is 24.6 Å². The van der Waals surface area contributed by atoms with E-state index in [0.29, 0.717) is 11.6 Å². The van der Waals surface area contributed by atoms with E-state index in [0.717, 1.165) is 38.7 Å². The van der Waals surface area contributed by atoms with E-state index in [1.807, 2.05) is 10.9 Å². The highest BCUT2D eigenvalue weighted by molar-refractivity contribution is 6.28. The standard InChI is InChI=1S/C15H19ClFN5/c1-2-5-21-6-3-12(4-7-21)22-10-11(8-19-22)14-13(17)9-18-15(16)20-14/h8-10,12H,2-7H2,1H3. The molecule has 0 bridgehead atoms. The van der Waals surface area contributed by atoms with Crippen LogP contribution in [0.15, 0.2) is 18.6 Å². The van der Waals surface area contributed by atoms with Gasteiger partial charge in [-0.3, -0.25) is 4.68 Å². The number of hydrogen-bond donors (Lipinski definition) is 0. The van der Waals surface area contributed by atoms with Gasteiger partial charge >= 0.3 is 0 Å². The summed E-state index contributed by atoms with van der Waals surface area (Å²) in [6.07, 6.45) is 7.89. The average molecular weight is 324 g/mol. The molecule has 0 unspecified atom stereocenters. The zero-order valence-corrected chi connectivity index (χ0v) is 13.3. The molecular formula is C15H19ClFN5. The molecule has 0 aromatic carbocycles. The summed E-state index contributed by atoms with van der Waals surface area (Å²) in [4.78, 5) is 10.1. The molecule has 5 nitrogen and oxygen atoms in total. The van der Waals surface area contributed by atoms with Crippen LogP contribution in [-0.4, -0.2) is 44.3 Å². The topological polar surface area (TPSA) is 46.8 Å². The van der Waals surface area contributed by atoms with Gasteiger partial charge in [-0.05, 0) is 37.4 Å². The van der Waals surface area contributed by atoms with Gasteiger partial charge in [0.05, 0.1) is 18.4 Å². The van der Waals surface area contributed by atoms with Crippen LogP contribution in [0.2, 0.25) is 5.28 Å². The van der Waals surface area contributed by atoms with Crippen molar-refractivity contribution in [1.29, 1.82) is 0 Å². The lowest BCUT2D eigenvalue weighted by atomic mass is 10.1. The summed E-state index contributed by atoms with van der Waals surface area (Å²) >= 11 is 5.75. The van der Waals surface area contributed by atoms with Crippen molar-refractivity contribution in [3.05, 3.63) is 29.7 Å². The van der Waals surface area contributed by atoms with Crippen LogP contribution in [-0.2, 0) is 0 Å². The predicted molar refractivity (Wildman–Crippen MR) is 83.2 cm³/mol. The maximum absolute atomic E-state index is 13.8. The first-order valence-electron chi connectivity index (χ1n) is 7.62. The molecule has 0 radical (unpaired) electrons. The molecule has 2 aromatic heterocycles. The highest BCUT2D eigenvalue weighted by Crippen LogP contribution is 2.26. The van der Waals surface area contributed by atoms with Gasteiger partial charge in [0.15, 0.2) is 5.82 Å². The van der Waals surface area contributed by atoms with Gasteiger partial charge < -0.3 is 4.90 Å². The third-order valence-electron chi connectivity index (χ3n) is 4.06. The van der Waals surface area contributed by atoms with E-state index in [2.05, 4.69) is 26.9 Å². The normalized spacial score (nSPS) is 17.0. The molecule has 1 saturated heterocycles. The van der Waals surface area contributed by atoms with E-state index >= 15 is 0 Å². The van der Waals surface area contributed by atoms with Crippen molar-refractivity contribution in [2.75, 3.05) is 19.6 Å². The Kier molecular flexibility index (Phi) is 4.69. The second-order valence-corrected chi connectivity index (χ2v) is 5.96. The van der Waals surface area contributed by atoms with E-state index in [1.54, 1.807) is 6.20 Å². The minimum Gasteiger partial charge on any atom is -0.303 e. The smallest absolute Gasteiger partial charge is 0.223 e. The van der Waals surface area contributed by atoms with Crippen molar-refractivity contribution >= 4 is 11.6 Å². The molecule has 1 aliphatic rings. The lowest BCUT2D eigenvalue weighted by Crippen LogP contribution is -2.35. The second-order valence-electron chi connectivity index (χ2n) is 5.62. The molecule has 0 spiro atoms. The molecule has 0 aliphatic carbocycles. The largest absolute Gasteiger partial charge is 0.303 e. The van der Waals surface area contributed by atoms with Crippen molar-refractivity contribution in [3.63, 3.8) is 0 Å². The van der Waals surface area contributed by atoms with Gasteiger partial charge in [0.25, 0.3) is 0 Å². The minimum absolute atomic E-state index is 0.0389. The van der Waals surface area contributed by atoms with E-state index < -0.39 is 5.82 Å². The SMILES string of the molecule is CCCN1CCC(n2cc(-c3nc(Cl)ncc3F)cn2)CC1. The number of nitrogens with zero attached hydrogens (tertiary/aromatic N) is 5. The summed E-state index contributed by atoms with van der Waals surface area (Å²) in [6, 6.07) is 0.363. The Hall–Kier alpha value is -1.53. The third kappa shape index (κ3) is 3.28. The fraction of sp³-hybridized carbons (Fsp3) is 0.533. The summed E-state index contributed by atoms with van der Waals surface area (Å²) in [5.41, 5.74) is 0.840. The number of halogens is 2. The van der Waals surface area contributed by atoms with Crippen LogP contribution in [0.1, 0.15) is 32.2 Å². The lowest BCUT2D eigenvalue weighted by Gasteiger charge is -2.31. The Morgan fingerprint density at radius 1 is 1.32 bits per heavy atom. The lowest BCUT2D eigenvalue weighted by molar-refractivity contribution is 0.180. The molecule has 7 heteroatoms. The van der Waals surface area contributed by atoms with Crippen molar-refractivity contribution in [2.24, 2.45) is 0 Å². The number of piperidine rings is 1. The summed E-state index contributed by atoms with van der Waals surface area (Å²) in [7, 11) is 0. The van der Waals surface area contributed by atoms with Gasteiger partial charge in [-0.2, -0.15) is 5.10 Å². The Bertz CT molecular complexity index is 637. The van der Waals surface area contributed by atoms with Gasteiger partial charge in [-0.1, -0.05) is 6.92 Å². The Morgan fingerprint density at radius 3 is 2.82 bits per heavy atom. The van der Waals surface area contributed by atoms with Gasteiger partial charge in [0, 0.05) is 24.8 Å². The third-order valence-corrected chi connectivity index (χ3v) is 4.24. The zero-order valence-electron chi connectivity index (χ0n) is 12.5. The van der Waals surface area contributed by atoms with E-state index in [4.69, 9.17) is 11.6 Å². The first-order valence-corrected chi connectivity index (χ1v) is 8.00. The van der Waals surface area contributed by atoms with Crippen molar-refractivity contribution in [2.45, 2.75) is 32.2 Å².